The number of hydrogen-bond donors (Lipinski definition) is 1. The highest BCUT2D eigenvalue weighted by Gasteiger charge is 2.15. The van der Waals surface area contributed by atoms with Crippen LogP contribution in [0.2, 0.25) is 0 Å². The SMILES string of the molecule is CN(C)CCCNCc1cn(C)nc1-c1ccc2c(c1)OCCCO2. The van der Waals surface area contributed by atoms with Gasteiger partial charge in [-0.05, 0) is 51.8 Å². The Morgan fingerprint density at radius 3 is 2.80 bits per heavy atom. The number of nitrogens with one attached hydrogen (secondary N) is 1. The summed E-state index contributed by atoms with van der Waals surface area (Å²) in [6.07, 6.45) is 4.12. The van der Waals surface area contributed by atoms with E-state index in [4.69, 9.17) is 9.47 Å². The number of rotatable bonds is 7. The molecule has 3 rings (SSSR count). The van der Waals surface area contributed by atoms with Crippen LogP contribution in [-0.2, 0) is 13.6 Å². The van der Waals surface area contributed by atoms with Crippen molar-refractivity contribution in [3.63, 3.8) is 0 Å². The summed E-state index contributed by atoms with van der Waals surface area (Å²) < 4.78 is 13.4. The van der Waals surface area contributed by atoms with E-state index >= 15 is 0 Å². The third-order valence-electron chi connectivity index (χ3n) is 4.20. The molecule has 0 bridgehead atoms. The zero-order chi connectivity index (χ0) is 17.6. The monoisotopic (exact) mass is 344 g/mol. The Morgan fingerprint density at radius 1 is 1.20 bits per heavy atom. The highest BCUT2D eigenvalue weighted by atomic mass is 16.5. The van der Waals surface area contributed by atoms with Crippen LogP contribution in [0.5, 0.6) is 11.5 Å². The number of aryl methyl sites for hydroxylation is 1. The second-order valence-electron chi connectivity index (χ2n) is 6.72. The normalized spacial score (nSPS) is 13.9. The predicted molar refractivity (Wildman–Crippen MR) is 99.1 cm³/mol. The van der Waals surface area contributed by atoms with E-state index in [0.717, 1.165) is 55.2 Å². The third-order valence-corrected chi connectivity index (χ3v) is 4.20. The second-order valence-corrected chi connectivity index (χ2v) is 6.72. The minimum atomic E-state index is 0.693. The first-order valence-electron chi connectivity index (χ1n) is 8.91. The average molecular weight is 344 g/mol. The number of nitrogens with zero attached hydrogens (tertiary/aromatic N) is 3. The minimum absolute atomic E-state index is 0.693. The highest BCUT2D eigenvalue weighted by Crippen LogP contribution is 2.34. The molecule has 0 spiro atoms. The quantitative estimate of drug-likeness (QED) is 0.781. The van der Waals surface area contributed by atoms with Gasteiger partial charge in [-0.15, -0.1) is 0 Å². The molecule has 0 saturated carbocycles. The van der Waals surface area contributed by atoms with E-state index in [9.17, 15) is 0 Å². The Labute approximate surface area is 149 Å². The van der Waals surface area contributed by atoms with E-state index in [1.165, 1.54) is 5.56 Å². The van der Waals surface area contributed by atoms with Crippen LogP contribution >= 0.6 is 0 Å². The van der Waals surface area contributed by atoms with Gasteiger partial charge in [0.1, 0.15) is 0 Å². The van der Waals surface area contributed by atoms with Crippen molar-refractivity contribution in [3.8, 4) is 22.8 Å². The van der Waals surface area contributed by atoms with Crippen LogP contribution in [0.25, 0.3) is 11.3 Å². The van der Waals surface area contributed by atoms with E-state index in [1.54, 1.807) is 0 Å². The molecule has 1 aliphatic heterocycles. The molecule has 2 aromatic rings. The van der Waals surface area contributed by atoms with Gasteiger partial charge in [0.25, 0.3) is 0 Å². The number of fused-ring (bicyclic) bond motifs is 1. The number of aromatic nitrogens is 2. The maximum Gasteiger partial charge on any atom is 0.161 e. The molecule has 0 fully saturated rings. The Morgan fingerprint density at radius 2 is 2.00 bits per heavy atom. The lowest BCUT2D eigenvalue weighted by Gasteiger charge is -2.11. The van der Waals surface area contributed by atoms with Crippen LogP contribution in [0.15, 0.2) is 24.4 Å². The first kappa shape index (κ1) is 17.8. The maximum absolute atomic E-state index is 5.81. The van der Waals surface area contributed by atoms with Crippen molar-refractivity contribution < 1.29 is 9.47 Å². The van der Waals surface area contributed by atoms with Crippen LogP contribution < -0.4 is 14.8 Å². The van der Waals surface area contributed by atoms with Gasteiger partial charge in [0.2, 0.25) is 0 Å². The standard InChI is InChI=1S/C19H28N4O2/c1-22(2)9-4-8-20-13-16-14-23(3)21-19(16)15-6-7-17-18(12-15)25-11-5-10-24-17/h6-7,12,14,20H,4-5,8-11,13H2,1-3H3. The third kappa shape index (κ3) is 4.74. The van der Waals surface area contributed by atoms with Crippen molar-refractivity contribution in [1.82, 2.24) is 20.0 Å². The van der Waals surface area contributed by atoms with Crippen molar-refractivity contribution >= 4 is 0 Å². The zero-order valence-electron chi connectivity index (χ0n) is 15.4. The van der Waals surface area contributed by atoms with E-state index in [2.05, 4.69) is 41.7 Å². The fourth-order valence-corrected chi connectivity index (χ4v) is 2.96. The molecular weight excluding hydrogens is 316 g/mol. The van der Waals surface area contributed by atoms with Crippen LogP contribution in [-0.4, -0.2) is 55.1 Å². The molecule has 6 nitrogen and oxygen atoms in total. The molecule has 0 atom stereocenters. The van der Waals surface area contributed by atoms with Crippen LogP contribution in [0.4, 0.5) is 0 Å². The lowest BCUT2D eigenvalue weighted by atomic mass is 10.1. The molecule has 0 saturated heterocycles. The van der Waals surface area contributed by atoms with E-state index in [0.29, 0.717) is 13.2 Å². The van der Waals surface area contributed by atoms with Gasteiger partial charge in [-0.2, -0.15) is 5.10 Å². The Bertz CT molecular complexity index is 697. The van der Waals surface area contributed by atoms with Gasteiger partial charge in [0, 0.05) is 37.3 Å². The number of benzene rings is 1. The lowest BCUT2D eigenvalue weighted by Crippen LogP contribution is -2.21. The van der Waals surface area contributed by atoms with Gasteiger partial charge < -0.3 is 19.7 Å². The largest absolute Gasteiger partial charge is 0.490 e. The first-order chi connectivity index (χ1) is 12.1. The fourth-order valence-electron chi connectivity index (χ4n) is 2.96. The molecule has 0 aliphatic carbocycles. The van der Waals surface area contributed by atoms with E-state index < -0.39 is 0 Å². The average Bonchev–Trinajstić information content (AvgIpc) is 2.80. The second kappa shape index (κ2) is 8.36. The van der Waals surface area contributed by atoms with E-state index in [-0.39, 0.29) is 0 Å². The zero-order valence-corrected chi connectivity index (χ0v) is 15.4. The van der Waals surface area contributed by atoms with Gasteiger partial charge in [-0.25, -0.2) is 0 Å². The summed E-state index contributed by atoms with van der Waals surface area (Å²) in [5.41, 5.74) is 3.26. The van der Waals surface area contributed by atoms with E-state index in [1.807, 2.05) is 23.9 Å². The minimum Gasteiger partial charge on any atom is -0.490 e. The summed E-state index contributed by atoms with van der Waals surface area (Å²) >= 11 is 0. The summed E-state index contributed by atoms with van der Waals surface area (Å²) in [6, 6.07) is 6.09. The smallest absolute Gasteiger partial charge is 0.161 e. The van der Waals surface area contributed by atoms with Crippen LogP contribution in [0, 0.1) is 0 Å². The van der Waals surface area contributed by atoms with Crippen molar-refractivity contribution in [2.75, 3.05) is 40.4 Å². The van der Waals surface area contributed by atoms with Crippen LogP contribution in [0.3, 0.4) is 0 Å². The van der Waals surface area contributed by atoms with Gasteiger partial charge in [0.15, 0.2) is 11.5 Å². The molecule has 1 aliphatic rings. The fraction of sp³-hybridized carbons (Fsp3) is 0.526. The van der Waals surface area contributed by atoms with Crippen LogP contribution in [0.1, 0.15) is 18.4 Å². The van der Waals surface area contributed by atoms with Gasteiger partial charge in [0.05, 0.1) is 18.9 Å². The Balaban J connectivity index is 1.71. The number of ether oxygens (including phenoxy) is 2. The van der Waals surface area contributed by atoms with Crippen molar-refractivity contribution in [1.29, 1.82) is 0 Å². The molecule has 1 aromatic heterocycles. The molecule has 136 valence electrons. The maximum atomic E-state index is 5.81. The summed E-state index contributed by atoms with van der Waals surface area (Å²) in [6.45, 7) is 4.30. The topological polar surface area (TPSA) is 51.6 Å². The molecule has 0 unspecified atom stereocenters. The molecule has 6 heteroatoms. The summed E-state index contributed by atoms with van der Waals surface area (Å²) in [7, 11) is 6.16. The Kier molecular flexibility index (Phi) is 5.94. The number of hydrogen-bond acceptors (Lipinski definition) is 5. The van der Waals surface area contributed by atoms with Gasteiger partial charge >= 0.3 is 0 Å². The highest BCUT2D eigenvalue weighted by molar-refractivity contribution is 5.66. The molecule has 2 heterocycles. The summed E-state index contributed by atoms with van der Waals surface area (Å²) in [5.74, 6) is 1.63. The molecular formula is C19H28N4O2. The van der Waals surface area contributed by atoms with Crippen molar-refractivity contribution in [2.24, 2.45) is 7.05 Å². The van der Waals surface area contributed by atoms with Crippen molar-refractivity contribution in [3.05, 3.63) is 30.0 Å². The molecule has 1 N–H and O–H groups in total. The Hall–Kier alpha value is -2.05. The predicted octanol–water partition coefficient (Wildman–Crippen LogP) is 2.29. The first-order valence-corrected chi connectivity index (χ1v) is 8.91. The lowest BCUT2D eigenvalue weighted by molar-refractivity contribution is 0.297. The molecule has 0 amide bonds. The molecule has 0 radical (unpaired) electrons. The molecule has 25 heavy (non-hydrogen) atoms. The van der Waals surface area contributed by atoms with Gasteiger partial charge in [-0.3, -0.25) is 4.68 Å². The van der Waals surface area contributed by atoms with Gasteiger partial charge in [-0.1, -0.05) is 0 Å². The summed E-state index contributed by atoms with van der Waals surface area (Å²) in [4.78, 5) is 2.20. The van der Waals surface area contributed by atoms with Crippen molar-refractivity contribution in [2.45, 2.75) is 19.4 Å². The molecule has 1 aromatic carbocycles. The summed E-state index contributed by atoms with van der Waals surface area (Å²) in [5, 5.41) is 8.17.